The van der Waals surface area contributed by atoms with E-state index < -0.39 is 11.6 Å². The lowest BCUT2D eigenvalue weighted by molar-refractivity contribution is -0.130. The van der Waals surface area contributed by atoms with E-state index in [-0.39, 0.29) is 12.8 Å². The Bertz CT molecular complexity index is 993. The molecule has 0 radical (unpaired) electrons. The van der Waals surface area contributed by atoms with E-state index in [1.165, 1.54) is 0 Å². The van der Waals surface area contributed by atoms with Crippen LogP contribution in [-0.2, 0) is 11.8 Å². The van der Waals surface area contributed by atoms with Crippen molar-refractivity contribution in [1.82, 2.24) is 24.6 Å². The number of alkyl halides is 1. The molecule has 0 saturated carbocycles. The molecule has 4 heterocycles. The first-order valence-electron chi connectivity index (χ1n) is 8.88. The van der Waals surface area contributed by atoms with Gasteiger partial charge in [-0.25, -0.2) is 14.4 Å². The third kappa shape index (κ3) is 3.52. The van der Waals surface area contributed by atoms with Gasteiger partial charge in [-0.15, -0.1) is 0 Å². The van der Waals surface area contributed by atoms with Crippen LogP contribution in [-0.4, -0.2) is 56.4 Å². The van der Waals surface area contributed by atoms with Gasteiger partial charge in [-0.3, -0.25) is 9.48 Å². The topological polar surface area (TPSA) is 75.9 Å². The van der Waals surface area contributed by atoms with Gasteiger partial charge in [0.1, 0.15) is 5.82 Å². The number of nitrogens with one attached hydrogen (secondary N) is 1. The fourth-order valence-electron chi connectivity index (χ4n) is 3.23. The molecule has 3 aromatic rings. The van der Waals surface area contributed by atoms with Crippen LogP contribution in [0, 0.1) is 0 Å². The monoisotopic (exact) mass is 368 g/mol. The number of anilines is 1. The number of fused-ring (bicyclic) bond motifs is 1. The highest BCUT2D eigenvalue weighted by Gasteiger charge is 2.41. The molecule has 1 amide bonds. The number of pyridine rings is 2. The summed E-state index contributed by atoms with van der Waals surface area (Å²) in [5.41, 5.74) is 0.499. The van der Waals surface area contributed by atoms with Crippen LogP contribution in [0.15, 0.2) is 36.8 Å². The highest BCUT2D eigenvalue weighted by molar-refractivity contribution is 5.97. The maximum absolute atomic E-state index is 14.9. The van der Waals surface area contributed by atoms with Crippen molar-refractivity contribution in [3.05, 3.63) is 36.8 Å². The summed E-state index contributed by atoms with van der Waals surface area (Å²) in [6.07, 6.45) is 5.62. The molecule has 27 heavy (non-hydrogen) atoms. The minimum absolute atomic E-state index is 0.187. The van der Waals surface area contributed by atoms with Crippen molar-refractivity contribution in [3.8, 4) is 11.3 Å². The van der Waals surface area contributed by atoms with Gasteiger partial charge in [0, 0.05) is 62.4 Å². The number of aromatic nitrogens is 4. The van der Waals surface area contributed by atoms with E-state index in [0.717, 1.165) is 16.6 Å². The van der Waals surface area contributed by atoms with Crippen LogP contribution in [0.4, 0.5) is 10.2 Å². The minimum atomic E-state index is -1.85. The maximum atomic E-state index is 14.9. The van der Waals surface area contributed by atoms with Gasteiger partial charge in [0.05, 0.1) is 17.4 Å². The maximum Gasteiger partial charge on any atom is 0.263 e. The van der Waals surface area contributed by atoms with E-state index in [2.05, 4.69) is 20.4 Å². The molecule has 140 valence electrons. The number of carbonyl (C=O) groups excluding carboxylic acids is 1. The molecule has 1 saturated heterocycles. The van der Waals surface area contributed by atoms with E-state index in [1.807, 2.05) is 37.3 Å². The minimum Gasteiger partial charge on any atom is -0.308 e. The highest BCUT2D eigenvalue weighted by Crippen LogP contribution is 2.28. The van der Waals surface area contributed by atoms with E-state index >= 15 is 0 Å². The molecule has 8 heteroatoms. The first-order chi connectivity index (χ1) is 12.9. The molecule has 1 fully saturated rings. The number of piperidine rings is 1. The summed E-state index contributed by atoms with van der Waals surface area (Å²) in [5, 5.41) is 7.62. The normalized spacial score (nSPS) is 17.1. The van der Waals surface area contributed by atoms with Gasteiger partial charge in [-0.05, 0) is 19.2 Å². The molecule has 0 bridgehead atoms. The summed E-state index contributed by atoms with van der Waals surface area (Å²) < 4.78 is 16.6. The van der Waals surface area contributed by atoms with Gasteiger partial charge in [-0.1, -0.05) is 0 Å². The van der Waals surface area contributed by atoms with Crippen molar-refractivity contribution in [1.29, 1.82) is 0 Å². The lowest BCUT2D eigenvalue weighted by Crippen LogP contribution is -2.47. The molecular formula is C19H21FN6O. The fourth-order valence-corrected chi connectivity index (χ4v) is 3.23. The Morgan fingerprint density at radius 2 is 2.00 bits per heavy atom. The van der Waals surface area contributed by atoms with Crippen molar-refractivity contribution >= 4 is 22.6 Å². The molecule has 1 aliphatic heterocycles. The van der Waals surface area contributed by atoms with Gasteiger partial charge in [0.2, 0.25) is 0 Å². The predicted molar refractivity (Wildman–Crippen MR) is 101 cm³/mol. The van der Waals surface area contributed by atoms with Crippen LogP contribution in [0.3, 0.4) is 0 Å². The van der Waals surface area contributed by atoms with Gasteiger partial charge in [0.25, 0.3) is 5.91 Å². The smallest absolute Gasteiger partial charge is 0.263 e. The summed E-state index contributed by atoms with van der Waals surface area (Å²) in [4.78, 5) is 23.3. The number of rotatable bonds is 3. The van der Waals surface area contributed by atoms with Crippen molar-refractivity contribution in [2.24, 2.45) is 7.05 Å². The summed E-state index contributed by atoms with van der Waals surface area (Å²) >= 11 is 0. The zero-order chi connectivity index (χ0) is 19.0. The molecule has 3 aromatic heterocycles. The molecule has 0 spiro atoms. The largest absolute Gasteiger partial charge is 0.308 e. The second-order valence-electron chi connectivity index (χ2n) is 7.08. The molecular weight excluding hydrogens is 347 g/mol. The second kappa shape index (κ2) is 6.70. The quantitative estimate of drug-likeness (QED) is 0.768. The van der Waals surface area contributed by atoms with Crippen LogP contribution in [0.2, 0.25) is 0 Å². The molecule has 0 atom stereocenters. The van der Waals surface area contributed by atoms with Gasteiger partial charge < -0.3 is 10.2 Å². The number of carbonyl (C=O) groups is 1. The number of hydrogen-bond acceptors (Lipinski definition) is 5. The number of halogens is 1. The van der Waals surface area contributed by atoms with Gasteiger partial charge in [-0.2, -0.15) is 5.10 Å². The highest BCUT2D eigenvalue weighted by atomic mass is 19.1. The molecule has 1 aliphatic rings. The van der Waals surface area contributed by atoms with Crippen LogP contribution in [0.25, 0.3) is 22.2 Å². The first kappa shape index (κ1) is 17.5. The third-order valence-corrected chi connectivity index (χ3v) is 5.00. The molecule has 1 N–H and O–H groups in total. The molecule has 0 aliphatic carbocycles. The van der Waals surface area contributed by atoms with Crippen LogP contribution >= 0.6 is 0 Å². The number of amides is 1. The SMILES string of the molecule is CN1CCC(F)(C(=O)Nc2cc3nc(-c4cnn(C)c4)ccc3cn2)CC1. The molecule has 0 unspecified atom stereocenters. The van der Waals surface area contributed by atoms with Gasteiger partial charge >= 0.3 is 0 Å². The van der Waals surface area contributed by atoms with Gasteiger partial charge in [0.15, 0.2) is 5.67 Å². The van der Waals surface area contributed by atoms with Crippen LogP contribution < -0.4 is 5.32 Å². The molecule has 0 aromatic carbocycles. The number of nitrogens with zero attached hydrogens (tertiary/aromatic N) is 5. The summed E-state index contributed by atoms with van der Waals surface area (Å²) in [5.74, 6) is -0.329. The van der Waals surface area contributed by atoms with E-state index in [1.54, 1.807) is 23.1 Å². The van der Waals surface area contributed by atoms with Crippen molar-refractivity contribution < 1.29 is 9.18 Å². The lowest BCUT2D eigenvalue weighted by atomic mass is 9.92. The first-order valence-corrected chi connectivity index (χ1v) is 8.88. The number of likely N-dealkylation sites (tertiary alicyclic amines) is 1. The number of aryl methyl sites for hydroxylation is 1. The standard InChI is InChI=1S/C19H21FN6O/c1-25-7-5-19(20,6-8-25)18(27)24-17-9-16-13(10-21-17)3-4-15(23-16)14-11-22-26(2)12-14/h3-4,9-12H,5-8H2,1-2H3,(H,21,24,27). The summed E-state index contributed by atoms with van der Waals surface area (Å²) in [6.45, 7) is 1.12. The average Bonchev–Trinajstić information content (AvgIpc) is 3.10. The Morgan fingerprint density at radius 3 is 2.70 bits per heavy atom. The zero-order valence-electron chi connectivity index (χ0n) is 15.3. The zero-order valence-corrected chi connectivity index (χ0v) is 15.3. The Morgan fingerprint density at radius 1 is 1.22 bits per heavy atom. The Balaban J connectivity index is 1.58. The Hall–Kier alpha value is -2.87. The lowest BCUT2D eigenvalue weighted by Gasteiger charge is -2.33. The fraction of sp³-hybridized carbons (Fsp3) is 0.368. The summed E-state index contributed by atoms with van der Waals surface area (Å²) in [6, 6.07) is 5.48. The van der Waals surface area contributed by atoms with E-state index in [9.17, 15) is 9.18 Å². The van der Waals surface area contributed by atoms with Crippen molar-refractivity contribution in [2.75, 3.05) is 25.5 Å². The Kier molecular flexibility index (Phi) is 4.35. The Labute approximate surface area is 156 Å². The van der Waals surface area contributed by atoms with Crippen LogP contribution in [0.5, 0.6) is 0 Å². The number of hydrogen-bond donors (Lipinski definition) is 1. The van der Waals surface area contributed by atoms with Crippen molar-refractivity contribution in [2.45, 2.75) is 18.5 Å². The van der Waals surface area contributed by atoms with Crippen LogP contribution in [0.1, 0.15) is 12.8 Å². The van der Waals surface area contributed by atoms with E-state index in [4.69, 9.17) is 0 Å². The molecule has 7 nitrogen and oxygen atoms in total. The van der Waals surface area contributed by atoms with E-state index in [0.29, 0.717) is 24.4 Å². The average molecular weight is 368 g/mol. The third-order valence-electron chi connectivity index (χ3n) is 5.00. The molecule has 4 rings (SSSR count). The van der Waals surface area contributed by atoms with Crippen molar-refractivity contribution in [3.63, 3.8) is 0 Å². The predicted octanol–water partition coefficient (Wildman–Crippen LogP) is 2.40. The summed E-state index contributed by atoms with van der Waals surface area (Å²) in [7, 11) is 3.77. The second-order valence-corrected chi connectivity index (χ2v) is 7.08.